The lowest BCUT2D eigenvalue weighted by Crippen LogP contribution is -2.35. The minimum atomic E-state index is -0.154. The Bertz CT molecular complexity index is 219. The van der Waals surface area contributed by atoms with Crippen LogP contribution in [0.15, 0.2) is 0 Å². The first-order valence-electron chi connectivity index (χ1n) is 5.56. The molecule has 2 fully saturated rings. The summed E-state index contributed by atoms with van der Waals surface area (Å²) in [5, 5.41) is 3.40. The van der Waals surface area contributed by atoms with E-state index in [1.807, 2.05) is 0 Å². The third-order valence-electron chi connectivity index (χ3n) is 3.59. The number of ether oxygens (including phenoxy) is 1. The van der Waals surface area contributed by atoms with Gasteiger partial charge in [-0.1, -0.05) is 6.42 Å². The van der Waals surface area contributed by atoms with Crippen molar-refractivity contribution in [3.63, 3.8) is 0 Å². The first-order chi connectivity index (χ1) is 6.77. The standard InChI is InChI=1S/C11H19NO2/c1-14-10(13)11(5-6-11)8-12-7-9-3-2-4-9/h9,12H,2-8H2,1H3. The maximum absolute atomic E-state index is 11.4. The molecule has 2 rings (SSSR count). The number of hydrogen-bond acceptors (Lipinski definition) is 3. The molecule has 0 atom stereocenters. The molecular formula is C11H19NO2. The molecule has 0 aliphatic heterocycles. The van der Waals surface area contributed by atoms with E-state index in [4.69, 9.17) is 4.74 Å². The maximum Gasteiger partial charge on any atom is 0.313 e. The molecule has 0 aromatic carbocycles. The van der Waals surface area contributed by atoms with Crippen molar-refractivity contribution in [1.29, 1.82) is 0 Å². The van der Waals surface area contributed by atoms with Gasteiger partial charge in [-0.2, -0.15) is 0 Å². The molecule has 0 saturated heterocycles. The molecule has 0 heterocycles. The largest absolute Gasteiger partial charge is 0.469 e. The van der Waals surface area contributed by atoms with Crippen LogP contribution >= 0.6 is 0 Å². The Balaban J connectivity index is 1.66. The fraction of sp³-hybridized carbons (Fsp3) is 0.909. The van der Waals surface area contributed by atoms with Crippen LogP contribution in [-0.4, -0.2) is 26.2 Å². The average molecular weight is 197 g/mol. The Kier molecular flexibility index (Phi) is 2.77. The van der Waals surface area contributed by atoms with Crippen molar-refractivity contribution in [3.05, 3.63) is 0 Å². The van der Waals surface area contributed by atoms with Crippen molar-refractivity contribution in [3.8, 4) is 0 Å². The molecule has 3 nitrogen and oxygen atoms in total. The molecule has 0 amide bonds. The number of nitrogens with one attached hydrogen (secondary N) is 1. The monoisotopic (exact) mass is 197 g/mol. The third kappa shape index (κ3) is 1.92. The topological polar surface area (TPSA) is 38.3 Å². The average Bonchev–Trinajstić information content (AvgIpc) is 2.89. The van der Waals surface area contributed by atoms with Gasteiger partial charge in [0.2, 0.25) is 0 Å². The maximum atomic E-state index is 11.4. The van der Waals surface area contributed by atoms with Gasteiger partial charge in [-0.3, -0.25) is 4.79 Å². The first kappa shape index (κ1) is 9.97. The zero-order valence-corrected chi connectivity index (χ0v) is 8.84. The number of methoxy groups -OCH3 is 1. The SMILES string of the molecule is COC(=O)C1(CNCC2CCC2)CC1. The van der Waals surface area contributed by atoms with E-state index in [0.717, 1.165) is 31.8 Å². The summed E-state index contributed by atoms with van der Waals surface area (Å²) >= 11 is 0. The van der Waals surface area contributed by atoms with Crippen molar-refractivity contribution in [2.45, 2.75) is 32.1 Å². The summed E-state index contributed by atoms with van der Waals surface area (Å²) in [7, 11) is 1.48. The van der Waals surface area contributed by atoms with Crippen molar-refractivity contribution in [2.75, 3.05) is 20.2 Å². The number of hydrogen-bond donors (Lipinski definition) is 1. The number of esters is 1. The van der Waals surface area contributed by atoms with Crippen molar-refractivity contribution < 1.29 is 9.53 Å². The number of carbonyl (C=O) groups excluding carboxylic acids is 1. The lowest BCUT2D eigenvalue weighted by molar-refractivity contribution is -0.146. The molecule has 2 aliphatic rings. The van der Waals surface area contributed by atoms with Crippen LogP contribution in [0, 0.1) is 11.3 Å². The zero-order chi connectivity index (χ0) is 10.0. The van der Waals surface area contributed by atoms with Gasteiger partial charge in [-0.25, -0.2) is 0 Å². The van der Waals surface area contributed by atoms with Crippen molar-refractivity contribution in [2.24, 2.45) is 11.3 Å². The second-order valence-electron chi connectivity index (χ2n) is 4.70. The van der Waals surface area contributed by atoms with Crippen LogP contribution in [0.1, 0.15) is 32.1 Å². The van der Waals surface area contributed by atoms with E-state index >= 15 is 0 Å². The molecule has 2 aliphatic carbocycles. The molecule has 0 bridgehead atoms. The van der Waals surface area contributed by atoms with Crippen molar-refractivity contribution in [1.82, 2.24) is 5.32 Å². The Hall–Kier alpha value is -0.570. The van der Waals surface area contributed by atoms with Gasteiger partial charge in [-0.05, 0) is 38.1 Å². The van der Waals surface area contributed by atoms with Crippen LogP contribution in [0.5, 0.6) is 0 Å². The summed E-state index contributed by atoms with van der Waals surface area (Å²) in [6.45, 7) is 1.90. The van der Waals surface area contributed by atoms with E-state index < -0.39 is 0 Å². The third-order valence-corrected chi connectivity index (χ3v) is 3.59. The number of carbonyl (C=O) groups is 1. The van der Waals surface area contributed by atoms with E-state index in [1.54, 1.807) is 0 Å². The zero-order valence-electron chi connectivity index (χ0n) is 8.84. The van der Waals surface area contributed by atoms with Gasteiger partial charge in [0.1, 0.15) is 0 Å². The van der Waals surface area contributed by atoms with Gasteiger partial charge in [0.25, 0.3) is 0 Å². The minimum absolute atomic E-state index is 0.0291. The van der Waals surface area contributed by atoms with Gasteiger partial charge >= 0.3 is 5.97 Å². The van der Waals surface area contributed by atoms with Gasteiger partial charge in [0.05, 0.1) is 12.5 Å². The van der Waals surface area contributed by atoms with Gasteiger partial charge in [-0.15, -0.1) is 0 Å². The van der Waals surface area contributed by atoms with Gasteiger partial charge < -0.3 is 10.1 Å². The molecule has 14 heavy (non-hydrogen) atoms. The van der Waals surface area contributed by atoms with E-state index in [1.165, 1.54) is 26.4 Å². The Labute approximate surface area is 85.2 Å². The quantitative estimate of drug-likeness (QED) is 0.676. The van der Waals surface area contributed by atoms with E-state index in [-0.39, 0.29) is 11.4 Å². The molecule has 0 aromatic rings. The van der Waals surface area contributed by atoms with Crippen LogP contribution in [0.25, 0.3) is 0 Å². The predicted octanol–water partition coefficient (Wildman–Crippen LogP) is 1.33. The molecule has 1 N–H and O–H groups in total. The van der Waals surface area contributed by atoms with E-state index in [2.05, 4.69) is 5.32 Å². The van der Waals surface area contributed by atoms with Crippen LogP contribution in [0.2, 0.25) is 0 Å². The molecule has 2 saturated carbocycles. The Morgan fingerprint density at radius 1 is 1.50 bits per heavy atom. The molecule has 80 valence electrons. The van der Waals surface area contributed by atoms with E-state index in [0.29, 0.717) is 0 Å². The van der Waals surface area contributed by atoms with Crippen LogP contribution in [-0.2, 0) is 9.53 Å². The van der Waals surface area contributed by atoms with E-state index in [9.17, 15) is 4.79 Å². The summed E-state index contributed by atoms with van der Waals surface area (Å²) in [5.41, 5.74) is -0.154. The highest BCUT2D eigenvalue weighted by Gasteiger charge is 2.50. The Morgan fingerprint density at radius 3 is 2.64 bits per heavy atom. The lowest BCUT2D eigenvalue weighted by atomic mass is 9.85. The second-order valence-corrected chi connectivity index (χ2v) is 4.70. The number of rotatable bonds is 5. The molecule has 0 spiro atoms. The smallest absolute Gasteiger partial charge is 0.313 e. The highest BCUT2D eigenvalue weighted by atomic mass is 16.5. The van der Waals surface area contributed by atoms with Gasteiger partial charge in [0, 0.05) is 6.54 Å². The lowest BCUT2D eigenvalue weighted by Gasteiger charge is -2.26. The molecular weight excluding hydrogens is 178 g/mol. The normalized spacial score (nSPS) is 24.1. The predicted molar refractivity (Wildman–Crippen MR) is 53.9 cm³/mol. The van der Waals surface area contributed by atoms with Gasteiger partial charge in [0.15, 0.2) is 0 Å². The Morgan fingerprint density at radius 2 is 2.21 bits per heavy atom. The summed E-state index contributed by atoms with van der Waals surface area (Å²) in [6, 6.07) is 0. The second kappa shape index (κ2) is 3.89. The molecule has 0 aromatic heterocycles. The van der Waals surface area contributed by atoms with Crippen LogP contribution in [0.4, 0.5) is 0 Å². The molecule has 0 unspecified atom stereocenters. The first-order valence-corrected chi connectivity index (χ1v) is 5.56. The highest BCUT2D eigenvalue weighted by Crippen LogP contribution is 2.46. The van der Waals surface area contributed by atoms with Crippen molar-refractivity contribution >= 4 is 5.97 Å². The molecule has 3 heteroatoms. The highest BCUT2D eigenvalue weighted by molar-refractivity contribution is 5.80. The summed E-state index contributed by atoms with van der Waals surface area (Å²) in [6.07, 6.45) is 6.10. The van der Waals surface area contributed by atoms with Crippen LogP contribution in [0.3, 0.4) is 0 Å². The summed E-state index contributed by atoms with van der Waals surface area (Å²) in [4.78, 5) is 11.4. The molecule has 0 radical (unpaired) electrons. The fourth-order valence-electron chi connectivity index (χ4n) is 2.03. The van der Waals surface area contributed by atoms with Crippen LogP contribution < -0.4 is 5.32 Å². The fourth-order valence-corrected chi connectivity index (χ4v) is 2.03. The summed E-state index contributed by atoms with van der Waals surface area (Å²) in [5.74, 6) is 0.835. The summed E-state index contributed by atoms with van der Waals surface area (Å²) < 4.78 is 4.80. The minimum Gasteiger partial charge on any atom is -0.469 e.